The van der Waals surface area contributed by atoms with Gasteiger partial charge in [0.2, 0.25) is 0 Å². The highest BCUT2D eigenvalue weighted by Crippen LogP contribution is 2.33. The highest BCUT2D eigenvalue weighted by molar-refractivity contribution is 5.91. The van der Waals surface area contributed by atoms with E-state index in [0.29, 0.717) is 49.1 Å². The maximum atomic E-state index is 12.9. The molecular weight excluding hydrogens is 524 g/mol. The summed E-state index contributed by atoms with van der Waals surface area (Å²) in [5, 5.41) is 0. The average molecular weight is 559 g/mol. The SMILES string of the molecule is C=C=C(Oc1cc(C)ccc1OC(=O)c1ccc(OCCCOC(=O)C=C)cc1)c1ccc(OCCCOC)cc1. The molecule has 41 heavy (non-hydrogen) atoms. The molecule has 0 aromatic heterocycles. The van der Waals surface area contributed by atoms with E-state index in [2.05, 4.69) is 18.9 Å². The molecule has 214 valence electrons. The minimum Gasteiger partial charge on any atom is -0.494 e. The van der Waals surface area contributed by atoms with Crippen LogP contribution in [0.2, 0.25) is 0 Å². The standard InChI is InChI=1S/C33H34O8/c1-5-29(25-10-14-27(15-11-25)37-20-7-19-36-4)40-31-23-24(3)9-18-30(31)41-33(35)26-12-16-28(17-13-26)38-21-8-22-39-32(34)6-2/h6,9-18,23H,1-2,7-8,19-22H2,3-4H3. The Morgan fingerprint density at radius 2 is 1.39 bits per heavy atom. The second-order valence-corrected chi connectivity index (χ2v) is 8.76. The largest absolute Gasteiger partial charge is 0.494 e. The molecule has 0 saturated heterocycles. The first-order valence-electron chi connectivity index (χ1n) is 13.1. The number of aryl methyl sites for hydroxylation is 1. The summed E-state index contributed by atoms with van der Waals surface area (Å²) in [5.74, 6) is 1.25. The van der Waals surface area contributed by atoms with Gasteiger partial charge in [0.1, 0.15) is 11.5 Å². The zero-order valence-corrected chi connectivity index (χ0v) is 23.4. The number of benzene rings is 3. The molecule has 0 atom stereocenters. The Labute approximate surface area is 240 Å². The third kappa shape index (κ3) is 10.0. The molecule has 3 aromatic rings. The van der Waals surface area contributed by atoms with E-state index in [1.807, 2.05) is 37.3 Å². The highest BCUT2D eigenvalue weighted by Gasteiger charge is 2.15. The van der Waals surface area contributed by atoms with Crippen LogP contribution in [0.3, 0.4) is 0 Å². The molecule has 0 aliphatic heterocycles. The van der Waals surface area contributed by atoms with Crippen molar-refractivity contribution in [1.82, 2.24) is 0 Å². The van der Waals surface area contributed by atoms with Crippen molar-refractivity contribution < 1.29 is 38.0 Å². The fraction of sp³-hybridized carbons (Fsp3) is 0.242. The van der Waals surface area contributed by atoms with Crippen molar-refractivity contribution >= 4 is 17.7 Å². The summed E-state index contributed by atoms with van der Waals surface area (Å²) in [5.41, 5.74) is 4.81. The number of esters is 2. The molecule has 0 aliphatic rings. The molecule has 3 rings (SSSR count). The lowest BCUT2D eigenvalue weighted by molar-refractivity contribution is -0.137. The normalized spacial score (nSPS) is 10.2. The van der Waals surface area contributed by atoms with Gasteiger partial charge in [-0.3, -0.25) is 0 Å². The van der Waals surface area contributed by atoms with Crippen molar-refractivity contribution in [1.29, 1.82) is 0 Å². The quantitative estimate of drug-likeness (QED) is 0.0503. The number of rotatable bonds is 16. The van der Waals surface area contributed by atoms with Gasteiger partial charge in [-0.25, -0.2) is 9.59 Å². The summed E-state index contributed by atoms with van der Waals surface area (Å²) in [6.45, 7) is 10.8. The van der Waals surface area contributed by atoms with Crippen LogP contribution in [0, 0.1) is 6.92 Å². The van der Waals surface area contributed by atoms with Crippen LogP contribution in [0.1, 0.15) is 34.3 Å². The molecule has 0 unspecified atom stereocenters. The second kappa shape index (κ2) is 16.4. The van der Waals surface area contributed by atoms with E-state index in [-0.39, 0.29) is 12.4 Å². The van der Waals surface area contributed by atoms with Gasteiger partial charge in [0.25, 0.3) is 0 Å². The second-order valence-electron chi connectivity index (χ2n) is 8.76. The molecule has 3 aromatic carbocycles. The van der Waals surface area contributed by atoms with Gasteiger partial charge in [-0.15, -0.1) is 0 Å². The first-order valence-corrected chi connectivity index (χ1v) is 13.1. The van der Waals surface area contributed by atoms with Crippen molar-refractivity contribution in [2.75, 3.05) is 33.5 Å². The van der Waals surface area contributed by atoms with Crippen molar-refractivity contribution in [2.45, 2.75) is 19.8 Å². The molecule has 8 heteroatoms. The number of methoxy groups -OCH3 is 1. The van der Waals surface area contributed by atoms with E-state index in [0.717, 1.165) is 29.4 Å². The minimum absolute atomic E-state index is 0.230. The van der Waals surface area contributed by atoms with Crippen LogP contribution < -0.4 is 18.9 Å². The van der Waals surface area contributed by atoms with E-state index >= 15 is 0 Å². The molecule has 0 N–H and O–H groups in total. The van der Waals surface area contributed by atoms with Crippen LogP contribution in [-0.2, 0) is 14.3 Å². The van der Waals surface area contributed by atoms with Gasteiger partial charge in [-0.1, -0.05) is 25.0 Å². The Hall–Kier alpha value is -4.78. The Balaban J connectivity index is 1.61. The number of ether oxygens (including phenoxy) is 6. The number of carbonyl (C=O) groups is 2. The predicted octanol–water partition coefficient (Wildman–Crippen LogP) is 6.33. The maximum absolute atomic E-state index is 12.9. The molecule has 0 bridgehead atoms. The third-order valence-electron chi connectivity index (χ3n) is 5.61. The fourth-order valence-corrected chi connectivity index (χ4v) is 3.51. The third-order valence-corrected chi connectivity index (χ3v) is 5.61. The van der Waals surface area contributed by atoms with Gasteiger partial charge in [-0.05, 0) is 73.2 Å². The summed E-state index contributed by atoms with van der Waals surface area (Å²) in [6.07, 6.45) is 2.43. The van der Waals surface area contributed by atoms with E-state index in [4.69, 9.17) is 28.4 Å². The van der Waals surface area contributed by atoms with Gasteiger partial charge >= 0.3 is 11.9 Å². The fourth-order valence-electron chi connectivity index (χ4n) is 3.51. The molecule has 0 spiro atoms. The number of hydrogen-bond donors (Lipinski definition) is 0. The topological polar surface area (TPSA) is 89.5 Å². The van der Waals surface area contributed by atoms with Gasteiger partial charge in [0, 0.05) is 38.2 Å². The van der Waals surface area contributed by atoms with Gasteiger partial charge < -0.3 is 28.4 Å². The van der Waals surface area contributed by atoms with Crippen LogP contribution >= 0.6 is 0 Å². The first kappa shape index (κ1) is 30.8. The Kier molecular flexibility index (Phi) is 12.3. The minimum atomic E-state index is -0.555. The van der Waals surface area contributed by atoms with Crippen molar-refractivity contribution in [3.05, 3.63) is 108 Å². The van der Waals surface area contributed by atoms with Crippen LogP contribution in [0.25, 0.3) is 5.76 Å². The zero-order valence-electron chi connectivity index (χ0n) is 23.4. The molecule has 0 saturated carbocycles. The van der Waals surface area contributed by atoms with Gasteiger partial charge in [-0.2, -0.15) is 0 Å². The van der Waals surface area contributed by atoms with Crippen molar-refractivity contribution in [2.24, 2.45) is 0 Å². The first-order chi connectivity index (χ1) is 19.9. The van der Waals surface area contributed by atoms with Crippen LogP contribution in [-0.4, -0.2) is 45.5 Å². The van der Waals surface area contributed by atoms with E-state index in [1.54, 1.807) is 43.5 Å². The van der Waals surface area contributed by atoms with E-state index < -0.39 is 11.9 Å². The Morgan fingerprint density at radius 1 is 0.780 bits per heavy atom. The number of hydrogen-bond acceptors (Lipinski definition) is 8. The van der Waals surface area contributed by atoms with Crippen molar-refractivity contribution in [3.8, 4) is 23.0 Å². The smallest absolute Gasteiger partial charge is 0.343 e. The van der Waals surface area contributed by atoms with E-state index in [1.165, 1.54) is 0 Å². The van der Waals surface area contributed by atoms with Crippen LogP contribution in [0.15, 0.2) is 91.7 Å². The molecule has 0 fully saturated rings. The Morgan fingerprint density at radius 3 is 1.98 bits per heavy atom. The average Bonchev–Trinajstić information content (AvgIpc) is 2.99. The van der Waals surface area contributed by atoms with Crippen LogP contribution in [0.5, 0.6) is 23.0 Å². The monoisotopic (exact) mass is 558 g/mol. The lowest BCUT2D eigenvalue weighted by Gasteiger charge is -2.14. The number of carbonyl (C=O) groups excluding carboxylic acids is 2. The molecular formula is C33H34O8. The summed E-state index contributed by atoms with van der Waals surface area (Å²) in [7, 11) is 1.66. The highest BCUT2D eigenvalue weighted by atomic mass is 16.6. The zero-order chi connectivity index (χ0) is 29.5. The molecule has 0 amide bonds. The van der Waals surface area contributed by atoms with E-state index in [9.17, 15) is 9.59 Å². The summed E-state index contributed by atoms with van der Waals surface area (Å²) in [4.78, 5) is 24.0. The maximum Gasteiger partial charge on any atom is 0.343 e. The molecule has 8 nitrogen and oxygen atoms in total. The molecule has 0 heterocycles. The predicted molar refractivity (Wildman–Crippen MR) is 155 cm³/mol. The summed E-state index contributed by atoms with van der Waals surface area (Å²) >= 11 is 0. The lowest BCUT2D eigenvalue weighted by atomic mass is 10.1. The van der Waals surface area contributed by atoms with Gasteiger partial charge in [0.05, 0.1) is 25.4 Å². The summed E-state index contributed by atoms with van der Waals surface area (Å²) in [6, 6.07) is 19.2. The Bertz CT molecular complexity index is 1350. The van der Waals surface area contributed by atoms with Crippen molar-refractivity contribution in [3.63, 3.8) is 0 Å². The molecule has 0 aliphatic carbocycles. The molecule has 0 radical (unpaired) electrons. The van der Waals surface area contributed by atoms with Crippen LogP contribution in [0.4, 0.5) is 0 Å². The van der Waals surface area contributed by atoms with Gasteiger partial charge in [0.15, 0.2) is 17.3 Å². The summed E-state index contributed by atoms with van der Waals surface area (Å²) < 4.78 is 33.1. The lowest BCUT2D eigenvalue weighted by Crippen LogP contribution is -2.10.